The van der Waals surface area contributed by atoms with Gasteiger partial charge in [-0.05, 0) is 43.3 Å². The molecule has 1 fully saturated rings. The largest absolute Gasteiger partial charge is 0.369 e. The molecule has 0 spiro atoms. The average molecular weight is 386 g/mol. The highest BCUT2D eigenvalue weighted by molar-refractivity contribution is 6.33. The summed E-state index contributed by atoms with van der Waals surface area (Å²) in [7, 11) is 0. The van der Waals surface area contributed by atoms with Gasteiger partial charge in [-0.2, -0.15) is 0 Å². The van der Waals surface area contributed by atoms with Gasteiger partial charge in [-0.15, -0.1) is 0 Å². The first-order valence-corrected chi connectivity index (χ1v) is 9.53. The van der Waals surface area contributed by atoms with E-state index in [0.29, 0.717) is 17.1 Å². The van der Waals surface area contributed by atoms with Gasteiger partial charge in [0.2, 0.25) is 5.91 Å². The summed E-state index contributed by atoms with van der Waals surface area (Å²) in [4.78, 5) is 28.1. The number of carbonyl (C=O) groups is 2. The lowest BCUT2D eigenvalue weighted by Gasteiger charge is -2.36. The highest BCUT2D eigenvalue weighted by atomic mass is 35.5. The fraction of sp³-hybridized carbons (Fsp3) is 0.333. The number of nitrogens with one attached hydrogen (secondary N) is 1. The van der Waals surface area contributed by atoms with Crippen LogP contribution >= 0.6 is 11.6 Å². The number of benzene rings is 2. The highest BCUT2D eigenvalue weighted by Crippen LogP contribution is 2.21. The van der Waals surface area contributed by atoms with Crippen LogP contribution in [0.1, 0.15) is 23.7 Å². The molecule has 1 N–H and O–H groups in total. The van der Waals surface area contributed by atoms with E-state index in [1.54, 1.807) is 19.1 Å². The SMILES string of the molecule is CC(=O)c1ccc(N2CCN(CCC(=O)Nc3ccccc3Cl)CC2)cc1. The Balaban J connectivity index is 1.43. The van der Waals surface area contributed by atoms with E-state index in [1.807, 2.05) is 36.4 Å². The van der Waals surface area contributed by atoms with E-state index in [-0.39, 0.29) is 11.7 Å². The normalized spacial score (nSPS) is 14.8. The molecule has 1 saturated heterocycles. The van der Waals surface area contributed by atoms with Crippen LogP contribution in [0, 0.1) is 0 Å². The quantitative estimate of drug-likeness (QED) is 0.770. The van der Waals surface area contributed by atoms with Crippen LogP contribution in [-0.4, -0.2) is 49.3 Å². The van der Waals surface area contributed by atoms with Crippen molar-refractivity contribution >= 4 is 34.7 Å². The van der Waals surface area contributed by atoms with Crippen molar-refractivity contribution in [2.24, 2.45) is 0 Å². The molecule has 5 nitrogen and oxygen atoms in total. The molecule has 0 bridgehead atoms. The standard InChI is InChI=1S/C21H24ClN3O2/c1-16(26)17-6-8-18(9-7-17)25-14-12-24(13-15-25)11-10-21(27)23-20-5-3-2-4-19(20)22/h2-9H,10-15H2,1H3,(H,23,27). The molecule has 1 aliphatic rings. The predicted molar refractivity (Wildman–Crippen MR) is 110 cm³/mol. The molecule has 142 valence electrons. The number of nitrogens with zero attached hydrogens (tertiary/aromatic N) is 2. The van der Waals surface area contributed by atoms with Gasteiger partial charge in [0.05, 0.1) is 10.7 Å². The average Bonchev–Trinajstić information content (AvgIpc) is 2.69. The van der Waals surface area contributed by atoms with Crippen LogP contribution in [0.4, 0.5) is 11.4 Å². The van der Waals surface area contributed by atoms with Crippen LogP contribution < -0.4 is 10.2 Å². The van der Waals surface area contributed by atoms with Crippen molar-refractivity contribution in [1.82, 2.24) is 4.90 Å². The van der Waals surface area contributed by atoms with Crippen molar-refractivity contribution in [2.45, 2.75) is 13.3 Å². The number of amides is 1. The first kappa shape index (κ1) is 19.4. The van der Waals surface area contributed by atoms with Crippen molar-refractivity contribution in [3.8, 4) is 0 Å². The van der Waals surface area contributed by atoms with Gasteiger partial charge in [0, 0.05) is 50.4 Å². The summed E-state index contributed by atoms with van der Waals surface area (Å²) in [6, 6.07) is 15.0. The molecule has 0 aromatic heterocycles. The minimum Gasteiger partial charge on any atom is -0.369 e. The number of Topliss-reactive ketones (excluding diaryl/α,β-unsaturated/α-hetero) is 1. The highest BCUT2D eigenvalue weighted by Gasteiger charge is 2.18. The number of rotatable bonds is 6. The molecule has 0 saturated carbocycles. The zero-order valence-electron chi connectivity index (χ0n) is 15.5. The monoisotopic (exact) mass is 385 g/mol. The smallest absolute Gasteiger partial charge is 0.225 e. The third-order valence-corrected chi connectivity index (χ3v) is 5.14. The second kappa shape index (κ2) is 9.02. The topological polar surface area (TPSA) is 52.7 Å². The summed E-state index contributed by atoms with van der Waals surface area (Å²) in [6.07, 6.45) is 0.443. The Labute approximate surface area is 164 Å². The maximum Gasteiger partial charge on any atom is 0.225 e. The van der Waals surface area contributed by atoms with Gasteiger partial charge in [0.1, 0.15) is 0 Å². The molecule has 0 unspecified atom stereocenters. The fourth-order valence-electron chi connectivity index (χ4n) is 3.17. The predicted octanol–water partition coefficient (Wildman–Crippen LogP) is 3.69. The number of carbonyl (C=O) groups excluding carboxylic acids is 2. The third kappa shape index (κ3) is 5.31. The second-order valence-corrected chi connectivity index (χ2v) is 7.12. The van der Waals surface area contributed by atoms with E-state index in [1.165, 1.54) is 0 Å². The number of ketones is 1. The summed E-state index contributed by atoms with van der Waals surface area (Å²) in [5.41, 5.74) is 2.53. The lowest BCUT2D eigenvalue weighted by Crippen LogP contribution is -2.47. The van der Waals surface area contributed by atoms with E-state index in [2.05, 4.69) is 15.1 Å². The van der Waals surface area contributed by atoms with Gasteiger partial charge in [-0.1, -0.05) is 23.7 Å². The Morgan fingerprint density at radius 2 is 1.67 bits per heavy atom. The Bertz CT molecular complexity index is 799. The zero-order chi connectivity index (χ0) is 19.2. The lowest BCUT2D eigenvalue weighted by molar-refractivity contribution is -0.116. The van der Waals surface area contributed by atoms with E-state index in [9.17, 15) is 9.59 Å². The van der Waals surface area contributed by atoms with Gasteiger partial charge in [-0.3, -0.25) is 14.5 Å². The minimum absolute atomic E-state index is 0.0228. The molecule has 3 rings (SSSR count). The minimum atomic E-state index is -0.0228. The number of anilines is 2. The Kier molecular flexibility index (Phi) is 6.48. The molecule has 1 amide bonds. The van der Waals surface area contributed by atoms with E-state index < -0.39 is 0 Å². The second-order valence-electron chi connectivity index (χ2n) is 6.71. The van der Waals surface area contributed by atoms with Crippen molar-refractivity contribution < 1.29 is 9.59 Å². The van der Waals surface area contributed by atoms with Crippen molar-refractivity contribution in [2.75, 3.05) is 42.9 Å². The number of hydrogen-bond donors (Lipinski definition) is 1. The number of hydrogen-bond acceptors (Lipinski definition) is 4. The molecular weight excluding hydrogens is 362 g/mol. The summed E-state index contributed by atoms with van der Waals surface area (Å²) < 4.78 is 0. The molecular formula is C21H24ClN3O2. The summed E-state index contributed by atoms with van der Waals surface area (Å²) in [5, 5.41) is 3.41. The molecule has 2 aromatic rings. The molecule has 0 radical (unpaired) electrons. The maximum atomic E-state index is 12.1. The Morgan fingerprint density at radius 1 is 1.00 bits per heavy atom. The molecule has 0 atom stereocenters. The summed E-state index contributed by atoms with van der Waals surface area (Å²) >= 11 is 6.07. The van der Waals surface area contributed by atoms with Gasteiger partial charge < -0.3 is 10.2 Å². The molecule has 2 aromatic carbocycles. The molecule has 27 heavy (non-hydrogen) atoms. The first-order valence-electron chi connectivity index (χ1n) is 9.15. The van der Waals surface area contributed by atoms with E-state index in [0.717, 1.165) is 44.0 Å². The van der Waals surface area contributed by atoms with Crippen molar-refractivity contribution in [3.63, 3.8) is 0 Å². The van der Waals surface area contributed by atoms with Crippen LogP contribution in [0.25, 0.3) is 0 Å². The van der Waals surface area contributed by atoms with Crippen molar-refractivity contribution in [1.29, 1.82) is 0 Å². The van der Waals surface area contributed by atoms with Crippen LogP contribution in [0.15, 0.2) is 48.5 Å². The Hall–Kier alpha value is -2.37. The summed E-state index contributed by atoms with van der Waals surface area (Å²) in [5.74, 6) is 0.0618. The zero-order valence-corrected chi connectivity index (χ0v) is 16.2. The lowest BCUT2D eigenvalue weighted by atomic mass is 10.1. The molecule has 1 aliphatic heterocycles. The summed E-state index contributed by atoms with van der Waals surface area (Å²) in [6.45, 7) is 5.95. The van der Waals surface area contributed by atoms with E-state index in [4.69, 9.17) is 11.6 Å². The number of halogens is 1. The van der Waals surface area contributed by atoms with Gasteiger partial charge >= 0.3 is 0 Å². The van der Waals surface area contributed by atoms with Crippen LogP contribution in [0.2, 0.25) is 5.02 Å². The van der Waals surface area contributed by atoms with Gasteiger partial charge in [0.15, 0.2) is 5.78 Å². The van der Waals surface area contributed by atoms with Gasteiger partial charge in [-0.25, -0.2) is 0 Å². The molecule has 6 heteroatoms. The van der Waals surface area contributed by atoms with Crippen LogP contribution in [0.5, 0.6) is 0 Å². The first-order chi connectivity index (χ1) is 13.0. The van der Waals surface area contributed by atoms with Gasteiger partial charge in [0.25, 0.3) is 0 Å². The van der Waals surface area contributed by atoms with Crippen LogP contribution in [0.3, 0.4) is 0 Å². The third-order valence-electron chi connectivity index (χ3n) is 4.81. The maximum absolute atomic E-state index is 12.1. The van der Waals surface area contributed by atoms with Crippen LogP contribution in [-0.2, 0) is 4.79 Å². The molecule has 0 aliphatic carbocycles. The number of para-hydroxylation sites is 1. The van der Waals surface area contributed by atoms with Crippen molar-refractivity contribution in [3.05, 3.63) is 59.1 Å². The fourth-order valence-corrected chi connectivity index (χ4v) is 3.35. The Morgan fingerprint density at radius 3 is 2.30 bits per heavy atom. The molecule has 1 heterocycles. The van der Waals surface area contributed by atoms with E-state index >= 15 is 0 Å². The number of piperazine rings is 1.